The summed E-state index contributed by atoms with van der Waals surface area (Å²) in [4.78, 5) is 29.3. The standard InChI is InChI=1S/C21H23N3O3/c1-5-27-20(26)17-18(24-13-7-6-8-16(24)22-17)23-19(25)14-9-11-15(12-10-14)21(2,3)4/h6-13H,5H2,1-4H3,(H,23,25). The van der Waals surface area contributed by atoms with Crippen molar-refractivity contribution < 1.29 is 14.3 Å². The fourth-order valence-corrected chi connectivity index (χ4v) is 2.76. The van der Waals surface area contributed by atoms with Gasteiger partial charge in [0.25, 0.3) is 5.91 Å². The molecule has 0 spiro atoms. The molecular weight excluding hydrogens is 342 g/mol. The fraction of sp³-hybridized carbons (Fsp3) is 0.286. The summed E-state index contributed by atoms with van der Waals surface area (Å²) < 4.78 is 6.73. The lowest BCUT2D eigenvalue weighted by Crippen LogP contribution is -2.17. The van der Waals surface area contributed by atoms with Gasteiger partial charge in [-0.3, -0.25) is 9.20 Å². The highest BCUT2D eigenvalue weighted by Crippen LogP contribution is 2.23. The van der Waals surface area contributed by atoms with Crippen molar-refractivity contribution in [2.75, 3.05) is 11.9 Å². The molecule has 0 unspecified atom stereocenters. The number of esters is 1. The van der Waals surface area contributed by atoms with Crippen LogP contribution in [0.2, 0.25) is 0 Å². The van der Waals surface area contributed by atoms with Crippen LogP contribution in [0.4, 0.5) is 5.82 Å². The third-order valence-corrected chi connectivity index (χ3v) is 4.24. The van der Waals surface area contributed by atoms with Crippen molar-refractivity contribution in [1.29, 1.82) is 0 Å². The molecular formula is C21H23N3O3. The molecule has 27 heavy (non-hydrogen) atoms. The zero-order valence-corrected chi connectivity index (χ0v) is 15.9. The van der Waals surface area contributed by atoms with E-state index in [1.54, 1.807) is 41.8 Å². The van der Waals surface area contributed by atoms with Gasteiger partial charge in [0.2, 0.25) is 0 Å². The average Bonchev–Trinajstić information content (AvgIpc) is 3.00. The van der Waals surface area contributed by atoms with Crippen LogP contribution in [0.15, 0.2) is 48.7 Å². The van der Waals surface area contributed by atoms with Gasteiger partial charge in [0.05, 0.1) is 6.61 Å². The van der Waals surface area contributed by atoms with E-state index in [9.17, 15) is 9.59 Å². The summed E-state index contributed by atoms with van der Waals surface area (Å²) in [5, 5.41) is 2.81. The Labute approximate surface area is 158 Å². The van der Waals surface area contributed by atoms with E-state index in [4.69, 9.17) is 4.74 Å². The molecule has 0 atom stereocenters. The topological polar surface area (TPSA) is 72.7 Å². The van der Waals surface area contributed by atoms with Gasteiger partial charge in [-0.15, -0.1) is 0 Å². The number of hydrogen-bond donors (Lipinski definition) is 1. The van der Waals surface area contributed by atoms with Crippen LogP contribution >= 0.6 is 0 Å². The highest BCUT2D eigenvalue weighted by molar-refractivity contribution is 6.07. The molecule has 2 aromatic heterocycles. The van der Waals surface area contributed by atoms with Crippen molar-refractivity contribution in [1.82, 2.24) is 9.38 Å². The average molecular weight is 365 g/mol. The summed E-state index contributed by atoms with van der Waals surface area (Å²) in [5.41, 5.74) is 2.29. The molecule has 0 aliphatic carbocycles. The third-order valence-electron chi connectivity index (χ3n) is 4.24. The first kappa shape index (κ1) is 18.6. The lowest BCUT2D eigenvalue weighted by molar-refractivity contribution is 0.0521. The van der Waals surface area contributed by atoms with Gasteiger partial charge in [-0.05, 0) is 42.2 Å². The summed E-state index contributed by atoms with van der Waals surface area (Å²) in [6, 6.07) is 12.8. The quantitative estimate of drug-likeness (QED) is 0.708. The summed E-state index contributed by atoms with van der Waals surface area (Å²) in [5.74, 6) is -0.583. The van der Waals surface area contributed by atoms with Crippen molar-refractivity contribution in [3.63, 3.8) is 0 Å². The summed E-state index contributed by atoms with van der Waals surface area (Å²) in [6.07, 6.45) is 1.74. The first-order valence-corrected chi connectivity index (χ1v) is 8.87. The second-order valence-electron chi connectivity index (χ2n) is 7.24. The predicted molar refractivity (Wildman–Crippen MR) is 104 cm³/mol. The maximum Gasteiger partial charge on any atom is 0.360 e. The zero-order valence-electron chi connectivity index (χ0n) is 15.9. The highest BCUT2D eigenvalue weighted by atomic mass is 16.5. The number of aromatic nitrogens is 2. The molecule has 6 nitrogen and oxygen atoms in total. The number of nitrogens with zero attached hydrogens (tertiary/aromatic N) is 2. The normalized spacial score (nSPS) is 11.4. The molecule has 0 saturated carbocycles. The number of imidazole rings is 1. The Balaban J connectivity index is 1.94. The van der Waals surface area contributed by atoms with E-state index in [2.05, 4.69) is 31.1 Å². The highest BCUT2D eigenvalue weighted by Gasteiger charge is 2.22. The minimum absolute atomic E-state index is 0.00768. The number of nitrogens with one attached hydrogen (secondary N) is 1. The number of carbonyl (C=O) groups excluding carboxylic acids is 2. The number of fused-ring (bicyclic) bond motifs is 1. The van der Waals surface area contributed by atoms with Gasteiger partial charge in [-0.1, -0.05) is 39.0 Å². The number of anilines is 1. The van der Waals surface area contributed by atoms with Gasteiger partial charge in [0.15, 0.2) is 11.5 Å². The zero-order chi connectivity index (χ0) is 19.6. The van der Waals surface area contributed by atoms with E-state index in [1.165, 1.54) is 0 Å². The lowest BCUT2D eigenvalue weighted by Gasteiger charge is -2.19. The number of hydrogen-bond acceptors (Lipinski definition) is 4. The molecule has 1 aromatic carbocycles. The molecule has 3 rings (SSSR count). The van der Waals surface area contributed by atoms with Crippen LogP contribution < -0.4 is 5.32 Å². The molecule has 1 amide bonds. The Morgan fingerprint density at radius 3 is 2.44 bits per heavy atom. The molecule has 0 bridgehead atoms. The Bertz CT molecular complexity index is 982. The summed E-state index contributed by atoms with van der Waals surface area (Å²) >= 11 is 0. The summed E-state index contributed by atoms with van der Waals surface area (Å²) in [6.45, 7) is 8.31. The number of amides is 1. The molecule has 0 aliphatic heterocycles. The van der Waals surface area contributed by atoms with Crippen LogP contribution in [0.25, 0.3) is 5.65 Å². The Morgan fingerprint density at radius 1 is 1.11 bits per heavy atom. The van der Waals surface area contributed by atoms with E-state index in [1.807, 2.05) is 18.2 Å². The number of rotatable bonds is 4. The minimum atomic E-state index is -0.570. The van der Waals surface area contributed by atoms with Crippen LogP contribution in [0, 0.1) is 0 Å². The molecule has 0 aliphatic rings. The van der Waals surface area contributed by atoms with Crippen molar-refractivity contribution in [2.24, 2.45) is 0 Å². The molecule has 140 valence electrons. The fourth-order valence-electron chi connectivity index (χ4n) is 2.76. The van der Waals surface area contributed by atoms with Gasteiger partial charge in [0.1, 0.15) is 5.65 Å². The van der Waals surface area contributed by atoms with Crippen molar-refractivity contribution in [3.05, 3.63) is 65.5 Å². The number of benzene rings is 1. The lowest BCUT2D eigenvalue weighted by atomic mass is 9.87. The van der Waals surface area contributed by atoms with E-state index in [-0.39, 0.29) is 23.6 Å². The van der Waals surface area contributed by atoms with Crippen LogP contribution in [0.5, 0.6) is 0 Å². The van der Waals surface area contributed by atoms with Gasteiger partial charge >= 0.3 is 5.97 Å². The molecule has 0 radical (unpaired) electrons. The number of pyridine rings is 1. The van der Waals surface area contributed by atoms with Crippen LogP contribution in [0.1, 0.15) is 54.1 Å². The van der Waals surface area contributed by atoms with Gasteiger partial charge in [-0.25, -0.2) is 9.78 Å². The molecule has 1 N–H and O–H groups in total. The molecule has 0 fully saturated rings. The Hall–Kier alpha value is -3.15. The van der Waals surface area contributed by atoms with Crippen LogP contribution in [-0.4, -0.2) is 27.9 Å². The van der Waals surface area contributed by atoms with Gasteiger partial charge < -0.3 is 10.1 Å². The van der Waals surface area contributed by atoms with E-state index < -0.39 is 5.97 Å². The van der Waals surface area contributed by atoms with E-state index >= 15 is 0 Å². The Kier molecular flexibility index (Phi) is 4.99. The second kappa shape index (κ2) is 7.23. The predicted octanol–water partition coefficient (Wildman–Crippen LogP) is 4.06. The summed E-state index contributed by atoms with van der Waals surface area (Å²) in [7, 11) is 0. The maximum absolute atomic E-state index is 12.7. The van der Waals surface area contributed by atoms with Crippen molar-refractivity contribution in [2.45, 2.75) is 33.1 Å². The van der Waals surface area contributed by atoms with E-state index in [0.717, 1.165) is 5.56 Å². The van der Waals surface area contributed by atoms with Crippen molar-refractivity contribution in [3.8, 4) is 0 Å². The number of ether oxygens (including phenoxy) is 1. The smallest absolute Gasteiger partial charge is 0.360 e. The SMILES string of the molecule is CCOC(=O)c1nc2ccccn2c1NC(=O)c1ccc(C(C)(C)C)cc1. The minimum Gasteiger partial charge on any atom is -0.461 e. The third kappa shape index (κ3) is 3.84. The monoisotopic (exact) mass is 365 g/mol. The van der Waals surface area contributed by atoms with Gasteiger partial charge in [0, 0.05) is 11.8 Å². The number of carbonyl (C=O) groups is 2. The van der Waals surface area contributed by atoms with Crippen molar-refractivity contribution >= 4 is 23.3 Å². The first-order chi connectivity index (χ1) is 12.8. The van der Waals surface area contributed by atoms with Gasteiger partial charge in [-0.2, -0.15) is 0 Å². The molecule has 3 aromatic rings. The molecule has 6 heteroatoms. The second-order valence-corrected chi connectivity index (χ2v) is 7.24. The Morgan fingerprint density at radius 2 is 1.81 bits per heavy atom. The molecule has 0 saturated heterocycles. The molecule has 2 heterocycles. The largest absolute Gasteiger partial charge is 0.461 e. The van der Waals surface area contributed by atoms with E-state index in [0.29, 0.717) is 17.0 Å². The van der Waals surface area contributed by atoms with Crippen LogP contribution in [0.3, 0.4) is 0 Å². The van der Waals surface area contributed by atoms with Crippen LogP contribution in [-0.2, 0) is 10.2 Å². The first-order valence-electron chi connectivity index (χ1n) is 8.87. The maximum atomic E-state index is 12.7.